The number of nitrogens with one attached hydrogen (secondary N) is 1. The first-order valence-electron chi connectivity index (χ1n) is 13.1. The summed E-state index contributed by atoms with van der Waals surface area (Å²) < 4.78 is 21.8. The maximum absolute atomic E-state index is 14.4. The summed E-state index contributed by atoms with van der Waals surface area (Å²) in [5.74, 6) is 0.220. The van der Waals surface area contributed by atoms with Crippen molar-refractivity contribution in [1.82, 2.24) is 14.7 Å². The molecule has 1 saturated heterocycles. The molecule has 2 amide bonds. The van der Waals surface area contributed by atoms with Crippen molar-refractivity contribution in [2.75, 3.05) is 25.0 Å². The molecular weight excluding hydrogens is 471 g/mol. The Morgan fingerprint density at radius 2 is 1.78 bits per heavy atom. The second kappa shape index (κ2) is 10.7. The normalized spacial score (nSPS) is 16.0. The molecule has 3 aromatic rings. The van der Waals surface area contributed by atoms with Gasteiger partial charge >= 0.3 is 0 Å². The van der Waals surface area contributed by atoms with E-state index in [0.717, 1.165) is 43.6 Å². The molecule has 2 aromatic carbocycles. The Labute approximate surface area is 216 Å². The molecule has 0 radical (unpaired) electrons. The minimum Gasteiger partial charge on any atom is -0.490 e. The van der Waals surface area contributed by atoms with Crippen LogP contribution in [0.4, 0.5) is 10.1 Å². The molecule has 7 nitrogen and oxygen atoms in total. The van der Waals surface area contributed by atoms with Crippen LogP contribution in [0.3, 0.4) is 0 Å². The molecule has 5 rings (SSSR count). The highest BCUT2D eigenvalue weighted by Gasteiger charge is 2.26. The molecule has 0 unspecified atom stereocenters. The molecule has 1 N–H and O–H groups in total. The number of piperidine rings is 1. The van der Waals surface area contributed by atoms with Crippen molar-refractivity contribution in [2.45, 2.75) is 52.0 Å². The Hall–Kier alpha value is -3.68. The number of hydrogen-bond acceptors (Lipinski definition) is 4. The molecule has 1 aliphatic heterocycles. The van der Waals surface area contributed by atoms with E-state index in [2.05, 4.69) is 10.4 Å². The minimum absolute atomic E-state index is 0.148. The summed E-state index contributed by atoms with van der Waals surface area (Å²) in [6.45, 7) is 6.40. The molecule has 2 heterocycles. The van der Waals surface area contributed by atoms with Gasteiger partial charge in [0.15, 0.2) is 17.3 Å². The van der Waals surface area contributed by atoms with Gasteiger partial charge in [0.05, 0.1) is 6.61 Å². The van der Waals surface area contributed by atoms with Gasteiger partial charge in [-0.1, -0.05) is 12.1 Å². The number of likely N-dealkylation sites (tertiary alicyclic amines) is 1. The molecule has 2 aliphatic rings. The monoisotopic (exact) mass is 504 g/mol. The van der Waals surface area contributed by atoms with Crippen LogP contribution in [0, 0.1) is 18.7 Å². The molecule has 0 atom stereocenters. The molecule has 1 saturated carbocycles. The summed E-state index contributed by atoms with van der Waals surface area (Å²) in [4.78, 5) is 27.3. The van der Waals surface area contributed by atoms with Crippen molar-refractivity contribution in [1.29, 1.82) is 0 Å². The number of hydrogen-bond donors (Lipinski definition) is 1. The Kier molecular flexibility index (Phi) is 7.26. The van der Waals surface area contributed by atoms with E-state index in [-0.39, 0.29) is 17.6 Å². The van der Waals surface area contributed by atoms with Crippen molar-refractivity contribution in [2.24, 2.45) is 5.92 Å². The Balaban J connectivity index is 1.13. The number of ether oxygens (including phenoxy) is 1. The van der Waals surface area contributed by atoms with E-state index in [1.807, 2.05) is 38.1 Å². The number of carbonyl (C=O) groups excluding carboxylic acids is 2. The summed E-state index contributed by atoms with van der Waals surface area (Å²) in [6, 6.07) is 14.2. The van der Waals surface area contributed by atoms with Crippen molar-refractivity contribution in [3.63, 3.8) is 0 Å². The summed E-state index contributed by atoms with van der Waals surface area (Å²) in [5.41, 5.74) is 3.61. The fourth-order valence-corrected chi connectivity index (χ4v) is 4.82. The van der Waals surface area contributed by atoms with E-state index in [1.165, 1.54) is 11.6 Å². The van der Waals surface area contributed by atoms with Gasteiger partial charge in [0.25, 0.3) is 11.8 Å². The fraction of sp³-hybridized carbons (Fsp3) is 0.414. The number of nitrogens with zero attached hydrogens (tertiary/aromatic N) is 3. The largest absolute Gasteiger partial charge is 0.490 e. The lowest BCUT2D eigenvalue weighted by atomic mass is 9.89. The molecule has 1 aliphatic carbocycles. The molecule has 0 bridgehead atoms. The third kappa shape index (κ3) is 5.84. The molecule has 37 heavy (non-hydrogen) atoms. The minimum atomic E-state index is -0.484. The van der Waals surface area contributed by atoms with E-state index in [9.17, 15) is 14.0 Å². The van der Waals surface area contributed by atoms with Gasteiger partial charge in [-0.15, -0.1) is 0 Å². The number of halogens is 1. The highest BCUT2D eigenvalue weighted by molar-refractivity contribution is 6.02. The number of anilines is 1. The second-order valence-corrected chi connectivity index (χ2v) is 10.0. The maximum Gasteiger partial charge on any atom is 0.276 e. The van der Waals surface area contributed by atoms with Crippen LogP contribution in [-0.2, 0) is 6.54 Å². The van der Waals surface area contributed by atoms with E-state index in [0.29, 0.717) is 42.8 Å². The first kappa shape index (κ1) is 25.0. The Morgan fingerprint density at radius 3 is 2.41 bits per heavy atom. The van der Waals surface area contributed by atoms with Gasteiger partial charge in [-0.05, 0) is 93.3 Å². The highest BCUT2D eigenvalue weighted by Crippen LogP contribution is 2.32. The molecule has 0 spiro atoms. The molecule has 1 aromatic heterocycles. The molecular formula is C29H33FN4O3. The number of carbonyl (C=O) groups is 2. The number of aromatic nitrogens is 2. The lowest BCUT2D eigenvalue weighted by molar-refractivity contribution is 0.0712. The summed E-state index contributed by atoms with van der Waals surface area (Å²) in [6.07, 6.45) is 3.94. The lowest BCUT2D eigenvalue weighted by Gasteiger charge is -2.32. The fourth-order valence-electron chi connectivity index (χ4n) is 4.82. The smallest absolute Gasteiger partial charge is 0.276 e. The highest BCUT2D eigenvalue weighted by atomic mass is 19.1. The van der Waals surface area contributed by atoms with Crippen LogP contribution in [0.2, 0.25) is 0 Å². The molecule has 8 heteroatoms. The summed E-state index contributed by atoms with van der Waals surface area (Å²) in [7, 11) is 0. The van der Waals surface area contributed by atoms with Crippen molar-refractivity contribution >= 4 is 17.5 Å². The van der Waals surface area contributed by atoms with Crippen LogP contribution in [-0.4, -0.2) is 46.2 Å². The van der Waals surface area contributed by atoms with E-state index in [4.69, 9.17) is 4.74 Å². The second-order valence-electron chi connectivity index (χ2n) is 10.0. The van der Waals surface area contributed by atoms with Crippen LogP contribution in [0.25, 0.3) is 0 Å². The van der Waals surface area contributed by atoms with E-state index >= 15 is 0 Å². The van der Waals surface area contributed by atoms with Crippen LogP contribution in [0.1, 0.15) is 70.6 Å². The SMILES string of the molecule is CCn1nc(C(=O)Nc2ccc(C3CCN(C(=O)c4ccc(OCC5CC5)c(F)c4)CC3)cc2)cc1C. The zero-order chi connectivity index (χ0) is 25.9. The average Bonchev–Trinajstić information content (AvgIpc) is 3.67. The Bertz CT molecular complexity index is 1270. The zero-order valence-electron chi connectivity index (χ0n) is 21.4. The van der Waals surface area contributed by atoms with Gasteiger partial charge < -0.3 is 15.0 Å². The average molecular weight is 505 g/mol. The first-order chi connectivity index (χ1) is 17.9. The molecule has 2 fully saturated rings. The van der Waals surface area contributed by atoms with Crippen LogP contribution < -0.4 is 10.1 Å². The van der Waals surface area contributed by atoms with Gasteiger partial charge in [0.1, 0.15) is 0 Å². The maximum atomic E-state index is 14.4. The van der Waals surface area contributed by atoms with Gasteiger partial charge in [-0.2, -0.15) is 5.10 Å². The van der Waals surface area contributed by atoms with Gasteiger partial charge in [-0.3, -0.25) is 14.3 Å². The number of rotatable bonds is 8. The van der Waals surface area contributed by atoms with Gasteiger partial charge in [0.2, 0.25) is 0 Å². The van der Waals surface area contributed by atoms with Crippen molar-refractivity contribution < 1.29 is 18.7 Å². The standard InChI is InChI=1S/C29H33FN4O3/c1-3-34-19(2)16-26(32-34)28(35)31-24-9-6-21(7-10-24)22-12-14-33(15-13-22)29(36)23-8-11-27(25(30)17-23)37-18-20-4-5-20/h6-11,16-17,20,22H,3-5,12-15,18H2,1-2H3,(H,31,35). The number of aryl methyl sites for hydroxylation is 2. The van der Waals surface area contributed by atoms with E-state index in [1.54, 1.807) is 27.8 Å². The summed E-state index contributed by atoms with van der Waals surface area (Å²) in [5, 5.41) is 7.24. The zero-order valence-corrected chi connectivity index (χ0v) is 21.4. The van der Waals surface area contributed by atoms with Crippen LogP contribution >= 0.6 is 0 Å². The number of amides is 2. The predicted octanol–water partition coefficient (Wildman–Crippen LogP) is 5.41. The van der Waals surface area contributed by atoms with Crippen molar-refractivity contribution in [3.8, 4) is 5.75 Å². The number of benzene rings is 2. The third-order valence-electron chi connectivity index (χ3n) is 7.29. The topological polar surface area (TPSA) is 76.5 Å². The quantitative estimate of drug-likeness (QED) is 0.445. The molecule has 194 valence electrons. The van der Waals surface area contributed by atoms with Crippen LogP contribution in [0.15, 0.2) is 48.5 Å². The third-order valence-corrected chi connectivity index (χ3v) is 7.29. The van der Waals surface area contributed by atoms with Crippen molar-refractivity contribution in [3.05, 3.63) is 76.9 Å². The van der Waals surface area contributed by atoms with Gasteiger partial charge in [0, 0.05) is 36.6 Å². The first-order valence-corrected chi connectivity index (χ1v) is 13.1. The van der Waals surface area contributed by atoms with Gasteiger partial charge in [-0.25, -0.2) is 4.39 Å². The summed E-state index contributed by atoms with van der Waals surface area (Å²) >= 11 is 0. The van der Waals surface area contributed by atoms with E-state index < -0.39 is 5.82 Å². The lowest BCUT2D eigenvalue weighted by Crippen LogP contribution is -2.38. The van der Waals surface area contributed by atoms with Crippen LogP contribution in [0.5, 0.6) is 5.75 Å². The Morgan fingerprint density at radius 1 is 1.05 bits per heavy atom. The predicted molar refractivity (Wildman–Crippen MR) is 140 cm³/mol.